The summed E-state index contributed by atoms with van der Waals surface area (Å²) in [5.74, 6) is 0. The van der Waals surface area contributed by atoms with E-state index in [4.69, 9.17) is 0 Å². The van der Waals surface area contributed by atoms with E-state index in [-0.39, 0.29) is 4.90 Å². The van der Waals surface area contributed by atoms with Crippen LogP contribution in [0.3, 0.4) is 0 Å². The molecular weight excluding hydrogens is 272 g/mol. The summed E-state index contributed by atoms with van der Waals surface area (Å²) in [5, 5.41) is 10.4. The van der Waals surface area contributed by atoms with Gasteiger partial charge >= 0.3 is 0 Å². The van der Waals surface area contributed by atoms with Crippen molar-refractivity contribution < 1.29 is 13.5 Å². The fourth-order valence-corrected chi connectivity index (χ4v) is 2.65. The van der Waals surface area contributed by atoms with Gasteiger partial charge in [-0.05, 0) is 48.2 Å². The number of aryl methyl sites for hydroxylation is 2. The first kappa shape index (κ1) is 14.8. The lowest BCUT2D eigenvalue weighted by Crippen LogP contribution is -2.02. The average molecular weight is 290 g/mol. The van der Waals surface area contributed by atoms with Gasteiger partial charge in [0.05, 0.1) is 4.90 Å². The molecule has 0 fully saturated rings. The molecular formula is C16H18O3S. The zero-order chi connectivity index (χ0) is 14.9. The van der Waals surface area contributed by atoms with E-state index in [0.717, 1.165) is 11.1 Å². The first-order chi connectivity index (χ1) is 9.29. The zero-order valence-corrected chi connectivity index (χ0v) is 12.6. The predicted octanol–water partition coefficient (Wildman–Crippen LogP) is 2.79. The highest BCUT2D eigenvalue weighted by Crippen LogP contribution is 2.24. The second kappa shape index (κ2) is 5.38. The van der Waals surface area contributed by atoms with E-state index >= 15 is 0 Å². The summed E-state index contributed by atoms with van der Waals surface area (Å²) < 4.78 is 22.8. The van der Waals surface area contributed by atoms with Gasteiger partial charge in [-0.15, -0.1) is 0 Å². The van der Waals surface area contributed by atoms with Gasteiger partial charge in [0.1, 0.15) is 6.10 Å². The third-order valence-electron chi connectivity index (χ3n) is 3.47. The van der Waals surface area contributed by atoms with Crippen molar-refractivity contribution in [2.45, 2.75) is 24.8 Å². The lowest BCUT2D eigenvalue weighted by atomic mass is 9.98. The maximum Gasteiger partial charge on any atom is 0.175 e. The van der Waals surface area contributed by atoms with Crippen molar-refractivity contribution >= 4 is 9.84 Å². The fraction of sp³-hybridized carbons (Fsp3) is 0.250. The Balaban J connectivity index is 2.33. The van der Waals surface area contributed by atoms with Crippen LogP contribution in [-0.2, 0) is 9.84 Å². The molecule has 3 nitrogen and oxygen atoms in total. The summed E-state index contributed by atoms with van der Waals surface area (Å²) in [6.45, 7) is 4.02. The quantitative estimate of drug-likeness (QED) is 0.945. The Bertz CT molecular complexity index is 716. The summed E-state index contributed by atoms with van der Waals surface area (Å²) in [6, 6.07) is 12.1. The van der Waals surface area contributed by atoms with Crippen LogP contribution in [0.4, 0.5) is 0 Å². The molecule has 20 heavy (non-hydrogen) atoms. The van der Waals surface area contributed by atoms with Gasteiger partial charge in [-0.3, -0.25) is 0 Å². The molecule has 0 amide bonds. The Morgan fingerprint density at radius 3 is 1.95 bits per heavy atom. The third kappa shape index (κ3) is 3.08. The van der Waals surface area contributed by atoms with Crippen LogP contribution in [0.25, 0.3) is 0 Å². The Hall–Kier alpha value is -1.65. The second-order valence-electron chi connectivity index (χ2n) is 5.09. The Morgan fingerprint density at radius 1 is 0.900 bits per heavy atom. The second-order valence-corrected chi connectivity index (χ2v) is 7.10. The van der Waals surface area contributed by atoms with E-state index < -0.39 is 15.9 Å². The van der Waals surface area contributed by atoms with Crippen LogP contribution in [0.5, 0.6) is 0 Å². The Morgan fingerprint density at radius 2 is 1.45 bits per heavy atom. The van der Waals surface area contributed by atoms with Crippen LogP contribution in [0.15, 0.2) is 47.4 Å². The number of benzene rings is 2. The molecule has 0 aliphatic carbocycles. The van der Waals surface area contributed by atoms with E-state index in [1.807, 2.05) is 32.0 Å². The number of aliphatic hydroxyl groups is 1. The van der Waals surface area contributed by atoms with Gasteiger partial charge in [0, 0.05) is 6.26 Å². The molecule has 0 saturated heterocycles. The Labute approximate surface area is 119 Å². The maximum atomic E-state index is 11.4. The lowest BCUT2D eigenvalue weighted by Gasteiger charge is -2.13. The zero-order valence-electron chi connectivity index (χ0n) is 11.8. The van der Waals surface area contributed by atoms with Gasteiger partial charge < -0.3 is 5.11 Å². The summed E-state index contributed by atoms with van der Waals surface area (Å²) in [6.07, 6.45) is 0.421. The largest absolute Gasteiger partial charge is 0.384 e. The molecule has 0 heterocycles. The minimum Gasteiger partial charge on any atom is -0.384 e. The standard InChI is InChI=1S/C16H18O3S/c1-11-4-5-14(10-12(11)2)16(17)13-6-8-15(9-7-13)20(3,18)19/h4-10,16-17H,1-3H3. The minimum absolute atomic E-state index is 0.258. The smallest absolute Gasteiger partial charge is 0.175 e. The molecule has 2 aromatic rings. The first-order valence-corrected chi connectivity index (χ1v) is 8.23. The summed E-state index contributed by atoms with van der Waals surface area (Å²) in [4.78, 5) is 0.258. The predicted molar refractivity (Wildman–Crippen MR) is 79.5 cm³/mol. The van der Waals surface area contributed by atoms with Crippen molar-refractivity contribution in [3.8, 4) is 0 Å². The van der Waals surface area contributed by atoms with E-state index in [1.165, 1.54) is 24.0 Å². The van der Waals surface area contributed by atoms with Crippen molar-refractivity contribution in [3.63, 3.8) is 0 Å². The fourth-order valence-electron chi connectivity index (χ4n) is 2.02. The third-order valence-corrected chi connectivity index (χ3v) is 4.60. The summed E-state index contributed by atoms with van der Waals surface area (Å²) in [7, 11) is -3.20. The van der Waals surface area contributed by atoms with Gasteiger partial charge in [-0.25, -0.2) is 8.42 Å². The average Bonchev–Trinajstić information content (AvgIpc) is 2.40. The molecule has 1 N–H and O–H groups in total. The number of hydrogen-bond donors (Lipinski definition) is 1. The van der Waals surface area contributed by atoms with Crippen LogP contribution < -0.4 is 0 Å². The molecule has 0 spiro atoms. The van der Waals surface area contributed by atoms with Gasteiger partial charge in [-0.2, -0.15) is 0 Å². The van der Waals surface area contributed by atoms with Crippen LogP contribution >= 0.6 is 0 Å². The van der Waals surface area contributed by atoms with Gasteiger partial charge in [0.2, 0.25) is 0 Å². The van der Waals surface area contributed by atoms with Gasteiger partial charge in [0.15, 0.2) is 9.84 Å². The van der Waals surface area contributed by atoms with E-state index in [0.29, 0.717) is 5.56 Å². The summed E-state index contributed by atoms with van der Waals surface area (Å²) >= 11 is 0. The number of sulfone groups is 1. The molecule has 1 unspecified atom stereocenters. The molecule has 2 aromatic carbocycles. The Kier molecular flexibility index (Phi) is 3.97. The summed E-state index contributed by atoms with van der Waals surface area (Å²) in [5.41, 5.74) is 3.78. The SMILES string of the molecule is Cc1ccc(C(O)c2ccc(S(C)(=O)=O)cc2)cc1C. The molecule has 0 aliphatic rings. The lowest BCUT2D eigenvalue weighted by molar-refractivity contribution is 0.220. The van der Waals surface area contributed by atoms with Crippen molar-refractivity contribution in [1.82, 2.24) is 0 Å². The molecule has 0 aromatic heterocycles. The van der Waals surface area contributed by atoms with Crippen LogP contribution in [0.1, 0.15) is 28.4 Å². The molecule has 0 radical (unpaired) electrons. The van der Waals surface area contributed by atoms with Crippen LogP contribution in [0, 0.1) is 13.8 Å². The van der Waals surface area contributed by atoms with Crippen molar-refractivity contribution in [2.24, 2.45) is 0 Å². The van der Waals surface area contributed by atoms with Crippen LogP contribution in [-0.4, -0.2) is 19.8 Å². The minimum atomic E-state index is -3.20. The van der Waals surface area contributed by atoms with Crippen molar-refractivity contribution in [3.05, 3.63) is 64.7 Å². The molecule has 4 heteroatoms. The molecule has 2 rings (SSSR count). The van der Waals surface area contributed by atoms with Crippen molar-refractivity contribution in [2.75, 3.05) is 6.26 Å². The highest BCUT2D eigenvalue weighted by molar-refractivity contribution is 7.90. The van der Waals surface area contributed by atoms with Crippen LogP contribution in [0.2, 0.25) is 0 Å². The normalized spacial score (nSPS) is 13.2. The number of rotatable bonds is 3. The monoisotopic (exact) mass is 290 g/mol. The highest BCUT2D eigenvalue weighted by atomic mass is 32.2. The molecule has 106 valence electrons. The van der Waals surface area contributed by atoms with E-state index in [2.05, 4.69) is 0 Å². The van der Waals surface area contributed by atoms with E-state index in [1.54, 1.807) is 12.1 Å². The van der Waals surface area contributed by atoms with E-state index in [9.17, 15) is 13.5 Å². The highest BCUT2D eigenvalue weighted by Gasteiger charge is 2.13. The van der Waals surface area contributed by atoms with Crippen molar-refractivity contribution in [1.29, 1.82) is 0 Å². The number of hydrogen-bond acceptors (Lipinski definition) is 3. The van der Waals surface area contributed by atoms with Gasteiger partial charge in [-0.1, -0.05) is 30.3 Å². The first-order valence-electron chi connectivity index (χ1n) is 6.34. The number of aliphatic hydroxyl groups excluding tert-OH is 1. The molecule has 1 atom stereocenters. The topological polar surface area (TPSA) is 54.4 Å². The molecule has 0 bridgehead atoms. The molecule has 0 saturated carbocycles. The molecule has 0 aliphatic heterocycles. The maximum absolute atomic E-state index is 11.4. The van der Waals surface area contributed by atoms with Gasteiger partial charge in [0.25, 0.3) is 0 Å².